The summed E-state index contributed by atoms with van der Waals surface area (Å²) >= 11 is 0. The van der Waals surface area contributed by atoms with Gasteiger partial charge in [0.1, 0.15) is 0 Å². The van der Waals surface area contributed by atoms with Crippen LogP contribution in [-0.2, 0) is 0 Å². The third-order valence-corrected chi connectivity index (χ3v) is 5.65. The van der Waals surface area contributed by atoms with E-state index >= 15 is 0 Å². The number of rotatable bonds is 7. The Morgan fingerprint density at radius 3 is 2.03 bits per heavy atom. The number of anilines is 1. The van der Waals surface area contributed by atoms with Crippen LogP contribution in [0.5, 0.6) is 17.2 Å². The Labute approximate surface area is 173 Å². The SMILES string of the molecule is COc1cc(C(=O)C(C)N2CCN(c3ccccc3C)CC2)cc(OC)c1OC. The number of carbonyl (C=O) groups is 1. The third kappa shape index (κ3) is 4.32. The van der Waals surface area contributed by atoms with Gasteiger partial charge in [0, 0.05) is 37.4 Å². The van der Waals surface area contributed by atoms with Crippen LogP contribution in [0.4, 0.5) is 5.69 Å². The second kappa shape index (κ2) is 9.18. The summed E-state index contributed by atoms with van der Waals surface area (Å²) in [4.78, 5) is 17.8. The summed E-state index contributed by atoms with van der Waals surface area (Å²) in [7, 11) is 4.66. The number of carbonyl (C=O) groups excluding carboxylic acids is 1. The minimum Gasteiger partial charge on any atom is -0.493 e. The van der Waals surface area contributed by atoms with E-state index in [-0.39, 0.29) is 11.8 Å². The second-order valence-corrected chi connectivity index (χ2v) is 7.26. The fourth-order valence-corrected chi connectivity index (χ4v) is 3.90. The number of Topliss-reactive ketones (excluding diaryl/α,β-unsaturated/α-hetero) is 1. The van der Waals surface area contributed by atoms with Gasteiger partial charge >= 0.3 is 0 Å². The molecule has 6 nitrogen and oxygen atoms in total. The Hall–Kier alpha value is -2.73. The lowest BCUT2D eigenvalue weighted by Gasteiger charge is -2.39. The molecule has 0 bridgehead atoms. The zero-order valence-electron chi connectivity index (χ0n) is 17.9. The molecule has 0 saturated carbocycles. The van der Waals surface area contributed by atoms with E-state index in [1.807, 2.05) is 6.92 Å². The quantitative estimate of drug-likeness (QED) is 0.666. The lowest BCUT2D eigenvalue weighted by molar-refractivity contribution is 0.0829. The van der Waals surface area contributed by atoms with E-state index in [2.05, 4.69) is 41.0 Å². The number of aryl methyl sites for hydroxylation is 1. The van der Waals surface area contributed by atoms with Crippen molar-refractivity contribution >= 4 is 11.5 Å². The van der Waals surface area contributed by atoms with Crippen LogP contribution >= 0.6 is 0 Å². The van der Waals surface area contributed by atoms with Gasteiger partial charge in [-0.2, -0.15) is 0 Å². The summed E-state index contributed by atoms with van der Waals surface area (Å²) in [6.45, 7) is 7.58. The Balaban J connectivity index is 1.72. The molecule has 29 heavy (non-hydrogen) atoms. The van der Waals surface area contributed by atoms with Gasteiger partial charge in [0.05, 0.1) is 27.4 Å². The molecule has 1 aliphatic rings. The van der Waals surface area contributed by atoms with Crippen LogP contribution in [0.15, 0.2) is 36.4 Å². The maximum atomic E-state index is 13.2. The standard InChI is InChI=1S/C23H30N2O4/c1-16-8-6-7-9-19(16)25-12-10-24(11-13-25)17(2)22(26)18-14-20(27-3)23(29-5)21(15-18)28-4/h6-9,14-15,17H,10-13H2,1-5H3. The Morgan fingerprint density at radius 1 is 0.931 bits per heavy atom. The molecule has 156 valence electrons. The van der Waals surface area contributed by atoms with E-state index in [1.54, 1.807) is 33.5 Å². The molecule has 0 amide bonds. The van der Waals surface area contributed by atoms with Crippen molar-refractivity contribution in [2.75, 3.05) is 52.4 Å². The van der Waals surface area contributed by atoms with Crippen LogP contribution in [0.1, 0.15) is 22.8 Å². The minimum absolute atomic E-state index is 0.0496. The molecular weight excluding hydrogens is 368 g/mol. The maximum Gasteiger partial charge on any atom is 0.203 e. The molecule has 1 atom stereocenters. The monoisotopic (exact) mass is 398 g/mol. The predicted molar refractivity (Wildman–Crippen MR) is 115 cm³/mol. The third-order valence-electron chi connectivity index (χ3n) is 5.65. The number of piperazine rings is 1. The average molecular weight is 399 g/mol. The van der Waals surface area contributed by atoms with Crippen molar-refractivity contribution in [3.63, 3.8) is 0 Å². The Kier molecular flexibility index (Phi) is 6.64. The minimum atomic E-state index is -0.225. The van der Waals surface area contributed by atoms with E-state index in [4.69, 9.17) is 14.2 Å². The highest BCUT2D eigenvalue weighted by molar-refractivity contribution is 6.01. The first kappa shape index (κ1) is 21.0. The molecule has 0 radical (unpaired) electrons. The number of nitrogens with zero attached hydrogens (tertiary/aromatic N) is 2. The number of ether oxygens (including phenoxy) is 3. The molecule has 1 aliphatic heterocycles. The van der Waals surface area contributed by atoms with E-state index in [0.717, 1.165) is 26.2 Å². The van der Waals surface area contributed by atoms with E-state index in [9.17, 15) is 4.79 Å². The lowest BCUT2D eigenvalue weighted by atomic mass is 10.0. The van der Waals surface area contributed by atoms with Crippen LogP contribution in [-0.4, -0.2) is 64.2 Å². The summed E-state index contributed by atoms with van der Waals surface area (Å²) in [5, 5.41) is 0. The van der Waals surface area contributed by atoms with Crippen LogP contribution in [0.25, 0.3) is 0 Å². The van der Waals surface area contributed by atoms with Crippen molar-refractivity contribution in [3.05, 3.63) is 47.5 Å². The van der Waals surface area contributed by atoms with Crippen molar-refractivity contribution in [1.29, 1.82) is 0 Å². The lowest BCUT2D eigenvalue weighted by Crippen LogP contribution is -2.51. The number of benzene rings is 2. The largest absolute Gasteiger partial charge is 0.493 e. The molecule has 1 heterocycles. The molecule has 2 aromatic carbocycles. The van der Waals surface area contributed by atoms with Gasteiger partial charge < -0.3 is 19.1 Å². The van der Waals surface area contributed by atoms with Gasteiger partial charge in [0.25, 0.3) is 0 Å². The van der Waals surface area contributed by atoms with Crippen LogP contribution in [0.3, 0.4) is 0 Å². The van der Waals surface area contributed by atoms with Crippen molar-refractivity contribution in [3.8, 4) is 17.2 Å². The average Bonchev–Trinajstić information content (AvgIpc) is 2.77. The van der Waals surface area contributed by atoms with Gasteiger partial charge in [-0.15, -0.1) is 0 Å². The van der Waals surface area contributed by atoms with E-state index < -0.39 is 0 Å². The molecule has 3 rings (SSSR count). The van der Waals surface area contributed by atoms with Gasteiger partial charge in [-0.25, -0.2) is 0 Å². The molecule has 1 saturated heterocycles. The second-order valence-electron chi connectivity index (χ2n) is 7.26. The van der Waals surface area contributed by atoms with Crippen molar-refractivity contribution in [2.24, 2.45) is 0 Å². The van der Waals surface area contributed by atoms with Crippen molar-refractivity contribution in [1.82, 2.24) is 4.90 Å². The number of para-hydroxylation sites is 1. The molecular formula is C23H30N2O4. The summed E-state index contributed by atoms with van der Waals surface area (Å²) in [5.41, 5.74) is 3.12. The summed E-state index contributed by atoms with van der Waals surface area (Å²) in [5.74, 6) is 1.53. The first-order chi connectivity index (χ1) is 14.0. The summed E-state index contributed by atoms with van der Waals surface area (Å²) in [6.07, 6.45) is 0. The van der Waals surface area contributed by atoms with Crippen LogP contribution < -0.4 is 19.1 Å². The number of hydrogen-bond donors (Lipinski definition) is 0. The smallest absolute Gasteiger partial charge is 0.203 e. The number of methoxy groups -OCH3 is 3. The van der Waals surface area contributed by atoms with Gasteiger partial charge in [-0.05, 0) is 37.6 Å². The molecule has 0 N–H and O–H groups in total. The molecule has 0 aromatic heterocycles. The number of hydrogen-bond acceptors (Lipinski definition) is 6. The summed E-state index contributed by atoms with van der Waals surface area (Å²) in [6, 6.07) is 11.7. The highest BCUT2D eigenvalue weighted by Gasteiger charge is 2.28. The first-order valence-corrected chi connectivity index (χ1v) is 9.89. The zero-order chi connectivity index (χ0) is 21.0. The maximum absolute atomic E-state index is 13.2. The topological polar surface area (TPSA) is 51.2 Å². The molecule has 0 aliphatic carbocycles. The first-order valence-electron chi connectivity index (χ1n) is 9.89. The fraction of sp³-hybridized carbons (Fsp3) is 0.435. The zero-order valence-corrected chi connectivity index (χ0v) is 17.9. The van der Waals surface area contributed by atoms with Crippen molar-refractivity contribution in [2.45, 2.75) is 19.9 Å². The Bertz CT molecular complexity index is 835. The molecule has 1 fully saturated rings. The van der Waals surface area contributed by atoms with Crippen LogP contribution in [0.2, 0.25) is 0 Å². The molecule has 0 spiro atoms. The van der Waals surface area contributed by atoms with E-state index in [1.165, 1.54) is 11.3 Å². The molecule has 6 heteroatoms. The predicted octanol–water partition coefficient (Wildman–Crippen LogP) is 3.41. The van der Waals surface area contributed by atoms with Crippen molar-refractivity contribution < 1.29 is 19.0 Å². The fourth-order valence-electron chi connectivity index (χ4n) is 3.90. The molecule has 2 aromatic rings. The number of ketones is 1. The Morgan fingerprint density at radius 2 is 1.52 bits per heavy atom. The van der Waals surface area contributed by atoms with Gasteiger partial charge in [0.15, 0.2) is 17.3 Å². The molecule has 1 unspecified atom stereocenters. The highest BCUT2D eigenvalue weighted by Crippen LogP contribution is 2.38. The van der Waals surface area contributed by atoms with Gasteiger partial charge in [0.2, 0.25) is 5.75 Å². The van der Waals surface area contributed by atoms with Gasteiger partial charge in [-0.3, -0.25) is 9.69 Å². The van der Waals surface area contributed by atoms with E-state index in [0.29, 0.717) is 22.8 Å². The summed E-state index contributed by atoms with van der Waals surface area (Å²) < 4.78 is 16.1. The van der Waals surface area contributed by atoms with Gasteiger partial charge in [-0.1, -0.05) is 18.2 Å². The van der Waals surface area contributed by atoms with Crippen LogP contribution in [0, 0.1) is 6.92 Å². The highest BCUT2D eigenvalue weighted by atomic mass is 16.5. The normalized spacial score (nSPS) is 15.7.